The molecule has 0 aliphatic carbocycles. The second-order valence-corrected chi connectivity index (χ2v) is 5.13. The van der Waals surface area contributed by atoms with Gasteiger partial charge in [0.05, 0.1) is 0 Å². The first kappa shape index (κ1) is 14.8. The molecule has 0 fully saturated rings. The van der Waals surface area contributed by atoms with Crippen LogP contribution in [0.25, 0.3) is 10.9 Å². The maximum absolute atomic E-state index is 12.1. The summed E-state index contributed by atoms with van der Waals surface area (Å²) in [6.07, 6.45) is 0. The van der Waals surface area contributed by atoms with Gasteiger partial charge in [0.25, 0.3) is 11.5 Å². The number of pyridine rings is 1. The van der Waals surface area contributed by atoms with E-state index in [2.05, 4.69) is 10.3 Å². The van der Waals surface area contributed by atoms with Gasteiger partial charge in [-0.1, -0.05) is 32.0 Å². The molecule has 0 bridgehead atoms. The first-order valence-corrected chi connectivity index (χ1v) is 6.56. The highest BCUT2D eigenvalue weighted by Gasteiger charge is 2.25. The van der Waals surface area contributed by atoms with Crippen LogP contribution < -0.4 is 10.9 Å². The van der Waals surface area contributed by atoms with Crippen molar-refractivity contribution in [3.8, 4) is 0 Å². The van der Waals surface area contributed by atoms with Gasteiger partial charge in [-0.3, -0.25) is 9.59 Å². The number of carbonyl (C=O) groups excluding carboxylic acids is 1. The van der Waals surface area contributed by atoms with Gasteiger partial charge >= 0.3 is 5.97 Å². The van der Waals surface area contributed by atoms with E-state index in [0.717, 1.165) is 0 Å². The Labute approximate surface area is 120 Å². The molecule has 110 valence electrons. The molecular formula is C15H16N2O4. The molecule has 0 radical (unpaired) electrons. The molecule has 0 aliphatic heterocycles. The van der Waals surface area contributed by atoms with Gasteiger partial charge in [-0.05, 0) is 23.4 Å². The predicted octanol–water partition coefficient (Wildman–Crippen LogP) is 1.37. The predicted molar refractivity (Wildman–Crippen MR) is 78.3 cm³/mol. The third-order valence-electron chi connectivity index (χ3n) is 3.22. The summed E-state index contributed by atoms with van der Waals surface area (Å²) in [6, 6.07) is 7.48. The number of H-pyrrole nitrogens is 1. The van der Waals surface area contributed by atoms with Crippen molar-refractivity contribution in [1.29, 1.82) is 0 Å². The number of carboxylic acid groups (broad SMARTS) is 1. The summed E-state index contributed by atoms with van der Waals surface area (Å²) in [7, 11) is 0. The fourth-order valence-electron chi connectivity index (χ4n) is 2.05. The minimum Gasteiger partial charge on any atom is -0.480 e. The summed E-state index contributed by atoms with van der Waals surface area (Å²) in [5, 5.41) is 12.2. The number of nitrogens with one attached hydrogen (secondary N) is 2. The molecule has 0 spiro atoms. The SMILES string of the molecule is CC(C)[C@H](NC(=O)c1cc2ccccc2[nH]c1=O)C(=O)O. The van der Waals surface area contributed by atoms with E-state index in [1.165, 1.54) is 6.07 Å². The summed E-state index contributed by atoms with van der Waals surface area (Å²) >= 11 is 0. The zero-order valence-corrected chi connectivity index (χ0v) is 11.7. The van der Waals surface area contributed by atoms with Gasteiger partial charge in [0.15, 0.2) is 0 Å². The van der Waals surface area contributed by atoms with Crippen LogP contribution in [0.4, 0.5) is 0 Å². The number of para-hydroxylation sites is 1. The lowest BCUT2D eigenvalue weighted by Crippen LogP contribution is -2.45. The Kier molecular flexibility index (Phi) is 4.07. The van der Waals surface area contributed by atoms with Crippen LogP contribution in [0.2, 0.25) is 0 Å². The summed E-state index contributed by atoms with van der Waals surface area (Å²) in [6.45, 7) is 3.37. The molecule has 6 heteroatoms. The van der Waals surface area contributed by atoms with Crippen LogP contribution in [0.3, 0.4) is 0 Å². The Bertz CT molecular complexity index is 749. The van der Waals surface area contributed by atoms with Gasteiger partial charge in [0.2, 0.25) is 0 Å². The van der Waals surface area contributed by atoms with Crippen molar-refractivity contribution >= 4 is 22.8 Å². The van der Waals surface area contributed by atoms with Gasteiger partial charge < -0.3 is 15.4 Å². The number of hydrogen-bond acceptors (Lipinski definition) is 3. The molecule has 6 nitrogen and oxygen atoms in total. The zero-order valence-electron chi connectivity index (χ0n) is 11.7. The van der Waals surface area contributed by atoms with Crippen molar-refractivity contribution in [2.24, 2.45) is 5.92 Å². The number of carbonyl (C=O) groups is 2. The maximum Gasteiger partial charge on any atom is 0.326 e. The van der Waals surface area contributed by atoms with E-state index in [1.54, 1.807) is 38.1 Å². The van der Waals surface area contributed by atoms with Crippen LogP contribution in [0, 0.1) is 5.92 Å². The quantitative estimate of drug-likeness (QED) is 0.791. The summed E-state index contributed by atoms with van der Waals surface area (Å²) in [5.41, 5.74) is -0.0163. The van der Waals surface area contributed by atoms with Crippen molar-refractivity contribution in [2.75, 3.05) is 0 Å². The third kappa shape index (κ3) is 3.10. The van der Waals surface area contributed by atoms with Crippen molar-refractivity contribution in [3.63, 3.8) is 0 Å². The van der Waals surface area contributed by atoms with Gasteiger partial charge in [-0.15, -0.1) is 0 Å². The molecule has 2 aromatic rings. The van der Waals surface area contributed by atoms with E-state index in [0.29, 0.717) is 10.9 Å². The number of fused-ring (bicyclic) bond motifs is 1. The van der Waals surface area contributed by atoms with E-state index < -0.39 is 23.5 Å². The molecule has 1 amide bonds. The molecule has 1 heterocycles. The summed E-state index contributed by atoms with van der Waals surface area (Å²) < 4.78 is 0. The molecule has 0 saturated heterocycles. The molecule has 3 N–H and O–H groups in total. The van der Waals surface area contributed by atoms with E-state index in [9.17, 15) is 14.4 Å². The number of aliphatic carboxylic acids is 1. The van der Waals surface area contributed by atoms with Crippen molar-refractivity contribution in [1.82, 2.24) is 10.3 Å². The van der Waals surface area contributed by atoms with Crippen LogP contribution in [-0.4, -0.2) is 28.0 Å². The topological polar surface area (TPSA) is 99.3 Å². The second-order valence-electron chi connectivity index (χ2n) is 5.13. The first-order chi connectivity index (χ1) is 9.90. The Morgan fingerprint density at radius 3 is 2.52 bits per heavy atom. The lowest BCUT2D eigenvalue weighted by Gasteiger charge is -2.17. The highest BCUT2D eigenvalue weighted by molar-refractivity contribution is 5.98. The highest BCUT2D eigenvalue weighted by Crippen LogP contribution is 2.10. The Morgan fingerprint density at radius 2 is 1.90 bits per heavy atom. The molecule has 0 saturated carbocycles. The van der Waals surface area contributed by atoms with E-state index in [-0.39, 0.29) is 11.5 Å². The Hall–Kier alpha value is -2.63. The van der Waals surface area contributed by atoms with Gasteiger partial charge in [-0.25, -0.2) is 4.79 Å². The van der Waals surface area contributed by atoms with E-state index in [1.807, 2.05) is 0 Å². The number of rotatable bonds is 4. The first-order valence-electron chi connectivity index (χ1n) is 6.56. The zero-order chi connectivity index (χ0) is 15.6. The third-order valence-corrected chi connectivity index (χ3v) is 3.22. The molecule has 1 aromatic heterocycles. The van der Waals surface area contributed by atoms with Crippen LogP contribution in [0.5, 0.6) is 0 Å². The van der Waals surface area contributed by atoms with Crippen molar-refractivity contribution in [2.45, 2.75) is 19.9 Å². The molecule has 1 aromatic carbocycles. The molecule has 0 unspecified atom stereocenters. The van der Waals surface area contributed by atoms with Crippen LogP contribution >= 0.6 is 0 Å². The Morgan fingerprint density at radius 1 is 1.24 bits per heavy atom. The molecular weight excluding hydrogens is 272 g/mol. The van der Waals surface area contributed by atoms with Crippen LogP contribution in [0.1, 0.15) is 24.2 Å². The lowest BCUT2D eigenvalue weighted by atomic mass is 10.0. The maximum atomic E-state index is 12.1. The highest BCUT2D eigenvalue weighted by atomic mass is 16.4. The molecule has 21 heavy (non-hydrogen) atoms. The number of benzene rings is 1. The smallest absolute Gasteiger partial charge is 0.326 e. The molecule has 0 aliphatic rings. The largest absolute Gasteiger partial charge is 0.480 e. The van der Waals surface area contributed by atoms with Crippen LogP contribution in [0.15, 0.2) is 35.1 Å². The number of hydrogen-bond donors (Lipinski definition) is 3. The minimum atomic E-state index is -1.13. The second kappa shape index (κ2) is 5.78. The van der Waals surface area contributed by atoms with Crippen LogP contribution in [-0.2, 0) is 4.79 Å². The summed E-state index contributed by atoms with van der Waals surface area (Å²) in [4.78, 5) is 37.8. The average molecular weight is 288 g/mol. The standard InChI is InChI=1S/C15H16N2O4/c1-8(2)12(15(20)21)17-14(19)10-7-9-5-3-4-6-11(9)16-13(10)18/h3-8,12H,1-2H3,(H,16,18)(H,17,19)(H,20,21)/t12-/m0/s1. The normalized spacial score (nSPS) is 12.3. The van der Waals surface area contributed by atoms with Gasteiger partial charge in [0.1, 0.15) is 11.6 Å². The fraction of sp³-hybridized carbons (Fsp3) is 0.267. The molecule has 1 atom stereocenters. The van der Waals surface area contributed by atoms with Gasteiger partial charge in [-0.2, -0.15) is 0 Å². The van der Waals surface area contributed by atoms with Crippen molar-refractivity contribution < 1.29 is 14.7 Å². The fourth-order valence-corrected chi connectivity index (χ4v) is 2.05. The van der Waals surface area contributed by atoms with E-state index >= 15 is 0 Å². The van der Waals surface area contributed by atoms with Crippen molar-refractivity contribution in [3.05, 3.63) is 46.2 Å². The number of aromatic amines is 1. The number of aromatic nitrogens is 1. The molecule has 2 rings (SSSR count). The lowest BCUT2D eigenvalue weighted by molar-refractivity contribution is -0.140. The average Bonchev–Trinajstić information content (AvgIpc) is 2.43. The number of amides is 1. The Balaban J connectivity index is 2.37. The van der Waals surface area contributed by atoms with E-state index in [4.69, 9.17) is 5.11 Å². The van der Waals surface area contributed by atoms with Gasteiger partial charge in [0, 0.05) is 5.52 Å². The monoisotopic (exact) mass is 288 g/mol. The number of carboxylic acids is 1. The summed E-state index contributed by atoms with van der Waals surface area (Å²) in [5.74, 6) is -2.11. The minimum absolute atomic E-state index is 0.0967.